The van der Waals surface area contributed by atoms with Crippen LogP contribution in [-0.2, 0) is 36.1 Å². The van der Waals surface area contributed by atoms with Gasteiger partial charge in [-0.3, -0.25) is 4.79 Å². The minimum Gasteiger partial charge on any atom is -0.453 e. The summed E-state index contributed by atoms with van der Waals surface area (Å²) in [5, 5.41) is 9.68. The predicted molar refractivity (Wildman–Crippen MR) is 170 cm³/mol. The van der Waals surface area contributed by atoms with E-state index in [-0.39, 0.29) is 41.6 Å². The number of rotatable bonds is 9. The summed E-state index contributed by atoms with van der Waals surface area (Å²) in [6.07, 6.45) is 3.62. The lowest BCUT2D eigenvalue weighted by Gasteiger charge is -2.45. The van der Waals surface area contributed by atoms with Crippen LogP contribution in [0.25, 0.3) is 0 Å². The van der Waals surface area contributed by atoms with E-state index in [0.29, 0.717) is 56.6 Å². The highest BCUT2D eigenvalue weighted by Crippen LogP contribution is 2.44. The number of amides is 2. The molecule has 1 aliphatic carbocycles. The van der Waals surface area contributed by atoms with E-state index in [1.165, 1.54) is 19.2 Å². The highest BCUT2D eigenvalue weighted by atomic mass is 35.5. The van der Waals surface area contributed by atoms with Gasteiger partial charge in [-0.25, -0.2) is 17.6 Å². The van der Waals surface area contributed by atoms with Gasteiger partial charge in [0.25, 0.3) is 0 Å². The van der Waals surface area contributed by atoms with Gasteiger partial charge in [0.15, 0.2) is 0 Å². The number of hydrogen-bond acceptors (Lipinski definition) is 7. The molecule has 2 bridgehead atoms. The molecule has 10 nitrogen and oxygen atoms in total. The minimum absolute atomic E-state index is 0.0136. The maximum Gasteiger partial charge on any atom is 0.407 e. The second kappa shape index (κ2) is 14.3. The number of carbonyl (C=O) groups excluding carboxylic acids is 2. The lowest BCUT2D eigenvalue weighted by atomic mass is 9.64. The first kappa shape index (κ1) is 33.6. The van der Waals surface area contributed by atoms with E-state index in [9.17, 15) is 18.0 Å². The zero-order valence-corrected chi connectivity index (χ0v) is 27.3. The van der Waals surface area contributed by atoms with Crippen molar-refractivity contribution in [1.82, 2.24) is 14.9 Å². The van der Waals surface area contributed by atoms with Gasteiger partial charge in [0.1, 0.15) is 11.9 Å². The Balaban J connectivity index is 1.42. The Bertz CT molecular complexity index is 1470. The predicted octanol–water partition coefficient (Wildman–Crippen LogP) is 4.37. The van der Waals surface area contributed by atoms with E-state index in [2.05, 4.69) is 16.0 Å². The highest BCUT2D eigenvalue weighted by Gasteiger charge is 2.48. The molecular formula is C32H42ClFN4O6S. The van der Waals surface area contributed by atoms with Gasteiger partial charge in [-0.1, -0.05) is 29.8 Å². The van der Waals surface area contributed by atoms with Gasteiger partial charge in [-0.2, -0.15) is 4.31 Å². The van der Waals surface area contributed by atoms with Gasteiger partial charge in [-0.15, -0.1) is 0 Å². The van der Waals surface area contributed by atoms with Crippen LogP contribution < -0.4 is 16.0 Å². The second-order valence-corrected chi connectivity index (χ2v) is 14.7. The second-order valence-electron chi connectivity index (χ2n) is 12.2. The van der Waals surface area contributed by atoms with E-state index < -0.39 is 39.3 Å². The summed E-state index contributed by atoms with van der Waals surface area (Å²) in [7, 11) is -0.510. The quantitative estimate of drug-likeness (QED) is 0.364. The SMILES string of the molecule is COC(=O)N[C@H](C(=O)Nc1cccc(F)c1CC[C@H]1CN[C@@H]2CCCS(=O)(=O)N1C2)[C@]1(c2ccc(Cl)cc2)CC[C@@H](OC)CC1. The summed E-state index contributed by atoms with van der Waals surface area (Å²) in [4.78, 5) is 26.9. The van der Waals surface area contributed by atoms with Crippen LogP contribution in [0.1, 0.15) is 56.1 Å². The lowest BCUT2D eigenvalue weighted by molar-refractivity contribution is -0.120. The number of fused-ring (bicyclic) bond motifs is 2. The largest absolute Gasteiger partial charge is 0.453 e. The van der Waals surface area contributed by atoms with Crippen molar-refractivity contribution in [2.75, 3.05) is 38.4 Å². The maximum absolute atomic E-state index is 15.4. The standard InChI is InChI=1S/C32H42ClFN4O6S/c1-43-25-14-16-32(17-15-25,21-8-10-22(33)11-9-21)29(37-31(40)44-2)30(39)36-28-7-3-6-27(34)26(28)13-12-24-19-35-23-5-4-18-45(41,42)38(24)20-23/h3,6-11,23-25,29,35H,4-5,12-20H2,1-2H3,(H,36,39)(H,37,40)/t23-,24+,25-,29-,32-/m1/s1. The molecule has 2 aromatic carbocycles. The molecule has 2 saturated heterocycles. The van der Waals surface area contributed by atoms with Gasteiger partial charge < -0.3 is 25.4 Å². The van der Waals surface area contributed by atoms with Crippen molar-refractivity contribution in [3.05, 3.63) is 64.4 Å². The fourth-order valence-electron chi connectivity index (χ4n) is 7.19. The molecule has 0 spiro atoms. The molecule has 2 aliphatic heterocycles. The van der Waals surface area contributed by atoms with Gasteiger partial charge in [0.05, 0.1) is 19.0 Å². The van der Waals surface area contributed by atoms with Crippen LogP contribution in [0.4, 0.5) is 14.9 Å². The topological polar surface area (TPSA) is 126 Å². The average Bonchev–Trinajstić information content (AvgIpc) is 3.15. The Morgan fingerprint density at radius 1 is 1.13 bits per heavy atom. The Hall–Kier alpha value is -2.77. The number of alkyl carbamates (subject to hydrolysis) is 1. The summed E-state index contributed by atoms with van der Waals surface area (Å²) in [6.45, 7) is 0.892. The normalized spacial score (nSPS) is 28.4. The molecular weight excluding hydrogens is 623 g/mol. The van der Waals surface area contributed by atoms with E-state index in [4.69, 9.17) is 21.1 Å². The number of anilines is 1. The summed E-state index contributed by atoms with van der Waals surface area (Å²) >= 11 is 6.20. The van der Waals surface area contributed by atoms with E-state index in [1.807, 2.05) is 12.1 Å². The summed E-state index contributed by atoms with van der Waals surface area (Å²) in [6, 6.07) is 10.4. The van der Waals surface area contributed by atoms with E-state index >= 15 is 4.39 Å². The first-order chi connectivity index (χ1) is 21.6. The number of ether oxygens (including phenoxy) is 2. The Kier molecular flexibility index (Phi) is 10.7. The summed E-state index contributed by atoms with van der Waals surface area (Å²) in [5.41, 5.74) is 0.560. The number of piperazine rings is 1. The van der Waals surface area contributed by atoms with Crippen molar-refractivity contribution in [2.45, 2.75) is 81.0 Å². The average molecular weight is 665 g/mol. The fraction of sp³-hybridized carbons (Fsp3) is 0.562. The van der Waals surface area contributed by atoms with Crippen molar-refractivity contribution in [3.63, 3.8) is 0 Å². The molecule has 246 valence electrons. The van der Waals surface area contributed by atoms with Crippen molar-refractivity contribution in [2.24, 2.45) is 0 Å². The van der Waals surface area contributed by atoms with Crippen LogP contribution in [0.3, 0.4) is 0 Å². The fourth-order valence-corrected chi connectivity index (χ4v) is 9.12. The molecule has 13 heteroatoms. The van der Waals surface area contributed by atoms with Crippen LogP contribution in [0.15, 0.2) is 42.5 Å². The van der Waals surface area contributed by atoms with E-state index in [0.717, 1.165) is 12.0 Å². The molecule has 0 radical (unpaired) electrons. The van der Waals surface area contributed by atoms with Crippen molar-refractivity contribution in [1.29, 1.82) is 0 Å². The molecule has 3 aliphatic rings. The van der Waals surface area contributed by atoms with Crippen LogP contribution >= 0.6 is 11.6 Å². The van der Waals surface area contributed by atoms with Crippen molar-refractivity contribution in [3.8, 4) is 0 Å². The number of methoxy groups -OCH3 is 2. The Morgan fingerprint density at radius 3 is 2.56 bits per heavy atom. The molecule has 45 heavy (non-hydrogen) atoms. The molecule has 1 unspecified atom stereocenters. The Labute approximate surface area is 269 Å². The third-order valence-electron chi connectivity index (χ3n) is 9.71. The summed E-state index contributed by atoms with van der Waals surface area (Å²) in [5.74, 6) is -0.911. The number of nitrogens with one attached hydrogen (secondary N) is 3. The van der Waals surface area contributed by atoms with Gasteiger partial charge in [0, 0.05) is 54.0 Å². The van der Waals surface area contributed by atoms with Gasteiger partial charge >= 0.3 is 6.09 Å². The molecule has 0 aromatic heterocycles. The molecule has 4 atom stereocenters. The third-order valence-corrected chi connectivity index (χ3v) is 11.9. The number of nitrogens with zero attached hydrogens (tertiary/aromatic N) is 1. The van der Waals surface area contributed by atoms with Crippen LogP contribution in [0.2, 0.25) is 5.02 Å². The number of benzene rings is 2. The number of carbonyl (C=O) groups is 2. The minimum atomic E-state index is -3.40. The first-order valence-electron chi connectivity index (χ1n) is 15.5. The van der Waals surface area contributed by atoms with Crippen molar-refractivity contribution >= 4 is 39.3 Å². The van der Waals surface area contributed by atoms with Crippen LogP contribution in [0.5, 0.6) is 0 Å². The number of sulfonamides is 1. The smallest absolute Gasteiger partial charge is 0.407 e. The summed E-state index contributed by atoms with van der Waals surface area (Å²) < 4.78 is 53.4. The number of hydrogen-bond donors (Lipinski definition) is 3. The van der Waals surface area contributed by atoms with Crippen molar-refractivity contribution < 1.29 is 31.9 Å². The van der Waals surface area contributed by atoms with E-state index in [1.54, 1.807) is 29.6 Å². The zero-order valence-electron chi connectivity index (χ0n) is 25.7. The molecule has 2 aromatic rings. The molecule has 2 amide bonds. The molecule has 3 N–H and O–H groups in total. The molecule has 1 saturated carbocycles. The maximum atomic E-state index is 15.4. The first-order valence-corrected chi connectivity index (χ1v) is 17.5. The lowest BCUT2D eigenvalue weighted by Crippen LogP contribution is -2.58. The zero-order chi connectivity index (χ0) is 32.2. The Morgan fingerprint density at radius 2 is 1.87 bits per heavy atom. The molecule has 2 heterocycles. The monoisotopic (exact) mass is 664 g/mol. The molecule has 5 rings (SSSR count). The molecule has 3 fully saturated rings. The van der Waals surface area contributed by atoms with Gasteiger partial charge in [0.2, 0.25) is 15.9 Å². The van der Waals surface area contributed by atoms with Gasteiger partial charge in [-0.05, 0) is 81.2 Å². The third kappa shape index (κ3) is 7.46. The van der Waals surface area contributed by atoms with Crippen LogP contribution in [-0.4, -0.2) is 82.0 Å². The highest BCUT2D eigenvalue weighted by molar-refractivity contribution is 7.89. The number of halogens is 2. The van der Waals surface area contributed by atoms with Crippen LogP contribution in [0, 0.1) is 5.82 Å².